The first-order valence-electron chi connectivity index (χ1n) is 9.06. The first-order chi connectivity index (χ1) is 14.6. The third-order valence-corrected chi connectivity index (χ3v) is 4.43. The highest BCUT2D eigenvalue weighted by molar-refractivity contribution is 6.30. The van der Waals surface area contributed by atoms with E-state index in [9.17, 15) is 10.1 Å². The average molecular weight is 423 g/mol. The Morgan fingerprint density at radius 3 is 2.67 bits per heavy atom. The van der Waals surface area contributed by atoms with Crippen LogP contribution in [0.15, 0.2) is 70.9 Å². The van der Waals surface area contributed by atoms with E-state index in [2.05, 4.69) is 5.32 Å². The van der Waals surface area contributed by atoms with Gasteiger partial charge in [-0.15, -0.1) is 0 Å². The number of halogens is 1. The Morgan fingerprint density at radius 1 is 1.20 bits per heavy atom. The maximum absolute atomic E-state index is 12.3. The second kappa shape index (κ2) is 10.2. The fourth-order valence-corrected chi connectivity index (χ4v) is 2.75. The van der Waals surface area contributed by atoms with Crippen LogP contribution < -0.4 is 14.8 Å². The number of furan rings is 1. The van der Waals surface area contributed by atoms with Gasteiger partial charge < -0.3 is 19.2 Å². The van der Waals surface area contributed by atoms with Gasteiger partial charge in [0.25, 0.3) is 5.91 Å². The van der Waals surface area contributed by atoms with Crippen molar-refractivity contribution in [2.45, 2.75) is 13.2 Å². The first-order valence-corrected chi connectivity index (χ1v) is 9.44. The Labute approximate surface area is 179 Å². The molecule has 0 saturated heterocycles. The zero-order valence-electron chi connectivity index (χ0n) is 16.2. The number of nitrogens with one attached hydrogen (secondary N) is 1. The summed E-state index contributed by atoms with van der Waals surface area (Å²) in [5.41, 5.74) is 1.57. The summed E-state index contributed by atoms with van der Waals surface area (Å²) in [6.07, 6.45) is 3.01. The van der Waals surface area contributed by atoms with E-state index in [-0.39, 0.29) is 12.1 Å². The van der Waals surface area contributed by atoms with E-state index in [1.54, 1.807) is 42.5 Å². The van der Waals surface area contributed by atoms with E-state index in [0.29, 0.717) is 34.5 Å². The van der Waals surface area contributed by atoms with Crippen molar-refractivity contribution in [2.24, 2.45) is 0 Å². The standard InChI is InChI=1S/C23H19ClN2O4/c1-28-22-12-17(6-9-21(22)30-15-16-4-7-19(24)8-5-16)11-18(13-25)23(27)26-14-20-3-2-10-29-20/h2-12H,14-15H2,1H3,(H,26,27)/b18-11+. The van der Waals surface area contributed by atoms with Crippen molar-refractivity contribution in [3.05, 3.63) is 88.3 Å². The molecular formula is C23H19ClN2O4. The van der Waals surface area contributed by atoms with E-state index >= 15 is 0 Å². The number of carbonyl (C=O) groups is 1. The monoisotopic (exact) mass is 422 g/mol. The molecule has 0 bridgehead atoms. The molecular weight excluding hydrogens is 404 g/mol. The minimum atomic E-state index is -0.490. The second-order valence-corrected chi connectivity index (χ2v) is 6.69. The highest BCUT2D eigenvalue weighted by Gasteiger charge is 2.11. The molecule has 0 saturated carbocycles. The molecule has 152 valence electrons. The molecule has 0 fully saturated rings. The lowest BCUT2D eigenvalue weighted by Gasteiger charge is -2.12. The molecule has 1 heterocycles. The minimum Gasteiger partial charge on any atom is -0.493 e. The quantitative estimate of drug-likeness (QED) is 0.418. The molecule has 1 amide bonds. The predicted molar refractivity (Wildman–Crippen MR) is 113 cm³/mol. The van der Waals surface area contributed by atoms with Crippen molar-refractivity contribution >= 4 is 23.6 Å². The van der Waals surface area contributed by atoms with Crippen molar-refractivity contribution in [3.63, 3.8) is 0 Å². The van der Waals surface area contributed by atoms with E-state index < -0.39 is 5.91 Å². The Balaban J connectivity index is 1.69. The summed E-state index contributed by atoms with van der Waals surface area (Å²) in [6.45, 7) is 0.549. The molecule has 30 heavy (non-hydrogen) atoms. The molecule has 0 atom stereocenters. The highest BCUT2D eigenvalue weighted by atomic mass is 35.5. The number of amides is 1. The van der Waals surface area contributed by atoms with Crippen molar-refractivity contribution in [1.29, 1.82) is 5.26 Å². The molecule has 7 heteroatoms. The number of nitrogens with zero attached hydrogens (tertiary/aromatic N) is 1. The van der Waals surface area contributed by atoms with Gasteiger partial charge in [-0.2, -0.15) is 5.26 Å². The van der Waals surface area contributed by atoms with Crippen LogP contribution in [0.25, 0.3) is 6.08 Å². The molecule has 0 aliphatic rings. The predicted octanol–water partition coefficient (Wildman–Crippen LogP) is 4.74. The molecule has 0 aliphatic carbocycles. The highest BCUT2D eigenvalue weighted by Crippen LogP contribution is 2.29. The number of carbonyl (C=O) groups excluding carboxylic acids is 1. The molecule has 1 aromatic heterocycles. The normalized spacial score (nSPS) is 10.9. The van der Waals surface area contributed by atoms with E-state index in [0.717, 1.165) is 5.56 Å². The smallest absolute Gasteiger partial charge is 0.262 e. The van der Waals surface area contributed by atoms with Gasteiger partial charge in [-0.25, -0.2) is 0 Å². The summed E-state index contributed by atoms with van der Waals surface area (Å²) in [7, 11) is 1.53. The third-order valence-electron chi connectivity index (χ3n) is 4.17. The van der Waals surface area contributed by atoms with Crippen LogP contribution in [0.4, 0.5) is 0 Å². The van der Waals surface area contributed by atoms with Crippen LogP contribution >= 0.6 is 11.6 Å². The lowest BCUT2D eigenvalue weighted by Crippen LogP contribution is -2.23. The molecule has 3 rings (SSSR count). The lowest BCUT2D eigenvalue weighted by atomic mass is 10.1. The Hall–Kier alpha value is -3.69. The van der Waals surface area contributed by atoms with Gasteiger partial charge in [0.15, 0.2) is 11.5 Å². The zero-order chi connectivity index (χ0) is 21.3. The second-order valence-electron chi connectivity index (χ2n) is 6.26. The maximum atomic E-state index is 12.3. The summed E-state index contributed by atoms with van der Waals surface area (Å²) in [6, 6.07) is 17.9. The topological polar surface area (TPSA) is 84.5 Å². The van der Waals surface area contributed by atoms with Gasteiger partial charge in [-0.3, -0.25) is 4.79 Å². The van der Waals surface area contributed by atoms with Gasteiger partial charge in [0.1, 0.15) is 24.0 Å². The molecule has 6 nitrogen and oxygen atoms in total. The molecule has 3 aromatic rings. The van der Waals surface area contributed by atoms with Gasteiger partial charge in [0, 0.05) is 5.02 Å². The summed E-state index contributed by atoms with van der Waals surface area (Å²) in [4.78, 5) is 12.3. The van der Waals surface area contributed by atoms with E-state index in [4.69, 9.17) is 25.5 Å². The van der Waals surface area contributed by atoms with Crippen molar-refractivity contribution in [3.8, 4) is 17.6 Å². The average Bonchev–Trinajstić information content (AvgIpc) is 3.29. The minimum absolute atomic E-state index is 0.0292. The Bertz CT molecular complexity index is 1070. The summed E-state index contributed by atoms with van der Waals surface area (Å²) in [5, 5.41) is 12.7. The molecule has 0 radical (unpaired) electrons. The van der Waals surface area contributed by atoms with Gasteiger partial charge in [0.2, 0.25) is 0 Å². The van der Waals surface area contributed by atoms with Crippen LogP contribution in [-0.4, -0.2) is 13.0 Å². The Morgan fingerprint density at radius 2 is 2.00 bits per heavy atom. The largest absolute Gasteiger partial charge is 0.493 e. The number of methoxy groups -OCH3 is 1. The van der Waals surface area contributed by atoms with Crippen molar-refractivity contribution in [1.82, 2.24) is 5.32 Å². The molecule has 2 aromatic carbocycles. The molecule has 0 aliphatic heterocycles. The zero-order valence-corrected chi connectivity index (χ0v) is 17.0. The molecule has 0 unspecified atom stereocenters. The lowest BCUT2D eigenvalue weighted by molar-refractivity contribution is -0.117. The fraction of sp³-hybridized carbons (Fsp3) is 0.130. The summed E-state index contributed by atoms with van der Waals surface area (Å²) in [5.74, 6) is 1.15. The van der Waals surface area contributed by atoms with Gasteiger partial charge in [-0.1, -0.05) is 29.8 Å². The summed E-state index contributed by atoms with van der Waals surface area (Å²) >= 11 is 5.89. The summed E-state index contributed by atoms with van der Waals surface area (Å²) < 4.78 is 16.4. The van der Waals surface area contributed by atoms with Crippen LogP contribution in [-0.2, 0) is 17.9 Å². The van der Waals surface area contributed by atoms with Gasteiger partial charge in [0.05, 0.1) is 19.9 Å². The Kier molecular flexibility index (Phi) is 7.14. The maximum Gasteiger partial charge on any atom is 0.262 e. The van der Waals surface area contributed by atoms with Crippen LogP contribution in [0.3, 0.4) is 0 Å². The van der Waals surface area contributed by atoms with Crippen LogP contribution in [0.2, 0.25) is 5.02 Å². The van der Waals surface area contributed by atoms with Gasteiger partial charge in [-0.05, 0) is 53.6 Å². The fourth-order valence-electron chi connectivity index (χ4n) is 2.63. The number of rotatable bonds is 8. The number of nitriles is 1. The van der Waals surface area contributed by atoms with Gasteiger partial charge >= 0.3 is 0 Å². The number of ether oxygens (including phenoxy) is 2. The number of hydrogen-bond donors (Lipinski definition) is 1. The third kappa shape index (κ3) is 5.66. The molecule has 0 spiro atoms. The van der Waals surface area contributed by atoms with Crippen LogP contribution in [0.1, 0.15) is 16.9 Å². The number of hydrogen-bond acceptors (Lipinski definition) is 5. The van der Waals surface area contributed by atoms with Crippen LogP contribution in [0.5, 0.6) is 11.5 Å². The van der Waals surface area contributed by atoms with E-state index in [1.807, 2.05) is 18.2 Å². The van der Waals surface area contributed by atoms with Crippen molar-refractivity contribution < 1.29 is 18.7 Å². The van der Waals surface area contributed by atoms with Crippen LogP contribution in [0, 0.1) is 11.3 Å². The van der Waals surface area contributed by atoms with E-state index in [1.165, 1.54) is 19.4 Å². The number of benzene rings is 2. The first kappa shape index (κ1) is 21.0. The van der Waals surface area contributed by atoms with Crippen molar-refractivity contribution in [2.75, 3.05) is 7.11 Å². The SMILES string of the molecule is COc1cc(/C=C(\C#N)C(=O)NCc2ccco2)ccc1OCc1ccc(Cl)cc1. The molecule has 1 N–H and O–H groups in total.